The van der Waals surface area contributed by atoms with Crippen molar-refractivity contribution < 1.29 is 30.6 Å². The van der Waals surface area contributed by atoms with Crippen LogP contribution in [0.1, 0.15) is 52.7 Å². The first kappa shape index (κ1) is 40.8. The van der Waals surface area contributed by atoms with Crippen LogP contribution in [0.4, 0.5) is 0 Å². The number of benzene rings is 7. The molecule has 0 unspecified atom stereocenters. The quantitative estimate of drug-likeness (QED) is 0.169. The molecule has 10 rings (SSSR count). The van der Waals surface area contributed by atoms with Gasteiger partial charge in [0.25, 0.3) is 0 Å². The van der Waals surface area contributed by atoms with Crippen LogP contribution in [0, 0.1) is 6.07 Å². The van der Waals surface area contributed by atoms with E-state index in [0.717, 1.165) is 77.7 Å². The summed E-state index contributed by atoms with van der Waals surface area (Å²) < 4.78 is 8.38. The molecule has 7 aromatic carbocycles. The van der Waals surface area contributed by atoms with Gasteiger partial charge in [0.05, 0.1) is 22.3 Å². The number of fused-ring (bicyclic) bond motifs is 4. The molecule has 62 heavy (non-hydrogen) atoms. The summed E-state index contributed by atoms with van der Waals surface area (Å²) in [4.78, 5) is 10.4. The molecule has 6 heteroatoms. The van der Waals surface area contributed by atoms with Gasteiger partial charge in [-0.3, -0.25) is 9.55 Å². The first-order chi connectivity index (χ1) is 29.4. The number of aromatic hydroxyl groups is 1. The Morgan fingerprint density at radius 2 is 1.24 bits per heavy atom. The molecule has 0 saturated heterocycles. The van der Waals surface area contributed by atoms with E-state index < -0.39 is 0 Å². The third-order valence-corrected chi connectivity index (χ3v) is 11.8. The summed E-state index contributed by atoms with van der Waals surface area (Å²) in [5.74, 6) is 0.707. The van der Waals surface area contributed by atoms with Crippen molar-refractivity contribution in [3.8, 4) is 67.5 Å². The van der Waals surface area contributed by atoms with E-state index in [0.29, 0.717) is 17.0 Å². The minimum Gasteiger partial charge on any atom is -0.507 e. The maximum atomic E-state index is 11.9. The van der Waals surface area contributed by atoms with Crippen LogP contribution in [0.5, 0.6) is 5.75 Å². The van der Waals surface area contributed by atoms with Gasteiger partial charge in [0.1, 0.15) is 22.7 Å². The number of phenolic OH excluding ortho intramolecular Hbond substituents is 1. The Labute approximate surface area is 377 Å². The maximum absolute atomic E-state index is 11.9. The number of pyridine rings is 1. The summed E-state index contributed by atoms with van der Waals surface area (Å²) >= 11 is 0. The SMILES string of the molecule is CC(C)(C)c1ccc(-c2ccnc(-c3[c-]c(-c4cccc5c4nc(-c4cc6c(cc4O)oc4ccccc46)n5-c4ccccc4-c4ccccc4)cc(C(C)(C)C)c3)c2)cc1.[Pt]. The van der Waals surface area contributed by atoms with Crippen LogP contribution in [0.2, 0.25) is 0 Å². The Morgan fingerprint density at radius 1 is 0.548 bits per heavy atom. The molecule has 0 saturated carbocycles. The first-order valence-corrected chi connectivity index (χ1v) is 20.9. The summed E-state index contributed by atoms with van der Waals surface area (Å²) in [6, 6.07) is 58.2. The molecule has 0 radical (unpaired) electrons. The van der Waals surface area contributed by atoms with Crippen molar-refractivity contribution in [1.82, 2.24) is 14.5 Å². The van der Waals surface area contributed by atoms with Crippen LogP contribution in [0.3, 0.4) is 0 Å². The van der Waals surface area contributed by atoms with Crippen LogP contribution < -0.4 is 0 Å². The third kappa shape index (κ3) is 7.35. The number of hydrogen-bond acceptors (Lipinski definition) is 4. The number of para-hydroxylation sites is 3. The Bertz CT molecular complexity index is 3270. The van der Waals surface area contributed by atoms with E-state index in [4.69, 9.17) is 14.4 Å². The molecule has 0 amide bonds. The van der Waals surface area contributed by atoms with Crippen molar-refractivity contribution in [1.29, 1.82) is 0 Å². The van der Waals surface area contributed by atoms with E-state index in [2.05, 4.69) is 174 Å². The molecule has 308 valence electrons. The standard InChI is InChI=1S/C56H46N3O2.Pt/c1-55(2,3)40-25-23-35(24-26-40)37-27-28-57-47(32-37)39-29-38(30-41(31-39)56(4,5)6)43-19-14-21-49-53(43)58-54(59(49)48-20-12-10-17-42(48)36-15-8-7-9-16-36)46-33-45-44-18-11-13-22-51(44)61-52(45)34-50(46)60;/h7-28,30-34,60H,1-6H3;/q-1;. The van der Waals surface area contributed by atoms with Crippen LogP contribution in [0.15, 0.2) is 168 Å². The van der Waals surface area contributed by atoms with Crippen molar-refractivity contribution in [3.63, 3.8) is 0 Å². The Kier molecular flexibility index (Phi) is 10.4. The molecule has 0 atom stereocenters. The number of rotatable bonds is 6. The van der Waals surface area contributed by atoms with Gasteiger partial charge in [-0.1, -0.05) is 162 Å². The summed E-state index contributed by atoms with van der Waals surface area (Å²) in [5, 5.41) is 13.8. The number of nitrogens with zero attached hydrogens (tertiary/aromatic N) is 3. The number of hydrogen-bond donors (Lipinski definition) is 1. The molecule has 0 fully saturated rings. The summed E-state index contributed by atoms with van der Waals surface area (Å²) in [5.41, 5.74) is 15.0. The minimum absolute atomic E-state index is 0. The zero-order chi connectivity index (χ0) is 42.0. The predicted molar refractivity (Wildman–Crippen MR) is 251 cm³/mol. The average Bonchev–Trinajstić information content (AvgIpc) is 3.83. The number of aromatic nitrogens is 3. The zero-order valence-electron chi connectivity index (χ0n) is 35.6. The molecular weight excluding hydrogens is 942 g/mol. The van der Waals surface area contributed by atoms with Crippen LogP contribution in [0.25, 0.3) is 94.7 Å². The summed E-state index contributed by atoms with van der Waals surface area (Å²) in [7, 11) is 0. The molecule has 3 heterocycles. The zero-order valence-corrected chi connectivity index (χ0v) is 37.9. The Balaban J connectivity index is 0.00000490. The number of imidazole rings is 1. The second-order valence-corrected chi connectivity index (χ2v) is 18.0. The van der Waals surface area contributed by atoms with Gasteiger partial charge in [-0.2, -0.15) is 0 Å². The monoisotopic (exact) mass is 987 g/mol. The van der Waals surface area contributed by atoms with Crippen LogP contribution in [-0.2, 0) is 31.9 Å². The topological polar surface area (TPSA) is 64.1 Å². The molecule has 0 aliphatic heterocycles. The van der Waals surface area contributed by atoms with Crippen molar-refractivity contribution in [3.05, 3.63) is 181 Å². The largest absolute Gasteiger partial charge is 0.507 e. The molecule has 3 aromatic heterocycles. The van der Waals surface area contributed by atoms with Gasteiger partial charge < -0.3 is 9.52 Å². The smallest absolute Gasteiger partial charge is 0.148 e. The summed E-state index contributed by atoms with van der Waals surface area (Å²) in [6.45, 7) is 13.4. The molecular formula is C56H46N3O2Pt-. The molecule has 0 aliphatic rings. The number of phenols is 1. The van der Waals surface area contributed by atoms with E-state index in [1.807, 2.05) is 36.5 Å². The van der Waals surface area contributed by atoms with Gasteiger partial charge in [0, 0.05) is 55.4 Å². The van der Waals surface area contributed by atoms with E-state index in [1.54, 1.807) is 6.07 Å². The second-order valence-electron chi connectivity index (χ2n) is 18.0. The van der Waals surface area contributed by atoms with E-state index in [-0.39, 0.29) is 37.6 Å². The van der Waals surface area contributed by atoms with E-state index in [1.165, 1.54) is 11.1 Å². The van der Waals surface area contributed by atoms with Crippen molar-refractivity contribution in [2.75, 3.05) is 0 Å². The molecule has 0 spiro atoms. The van der Waals surface area contributed by atoms with Gasteiger partial charge in [-0.05, 0) is 63.4 Å². The van der Waals surface area contributed by atoms with Gasteiger partial charge in [-0.25, -0.2) is 4.98 Å². The predicted octanol–water partition coefficient (Wildman–Crippen LogP) is 14.8. The molecule has 1 N–H and O–H groups in total. The minimum atomic E-state index is -0.166. The molecule has 0 bridgehead atoms. The van der Waals surface area contributed by atoms with Gasteiger partial charge in [0.2, 0.25) is 0 Å². The fourth-order valence-corrected chi connectivity index (χ4v) is 8.42. The Hall–Kier alpha value is -6.55. The number of furan rings is 1. The van der Waals surface area contributed by atoms with Gasteiger partial charge in [0.15, 0.2) is 0 Å². The third-order valence-electron chi connectivity index (χ3n) is 11.8. The molecule has 5 nitrogen and oxygen atoms in total. The van der Waals surface area contributed by atoms with E-state index >= 15 is 0 Å². The summed E-state index contributed by atoms with van der Waals surface area (Å²) in [6.07, 6.45) is 1.89. The Morgan fingerprint density at radius 3 is 2.02 bits per heavy atom. The van der Waals surface area contributed by atoms with Crippen molar-refractivity contribution >= 4 is 33.0 Å². The normalized spacial score (nSPS) is 12.0. The van der Waals surface area contributed by atoms with Crippen molar-refractivity contribution in [2.24, 2.45) is 0 Å². The van der Waals surface area contributed by atoms with Crippen LogP contribution >= 0.6 is 0 Å². The van der Waals surface area contributed by atoms with E-state index in [9.17, 15) is 5.11 Å². The van der Waals surface area contributed by atoms with Crippen LogP contribution in [-0.4, -0.2) is 19.6 Å². The first-order valence-electron chi connectivity index (χ1n) is 20.9. The fourth-order valence-electron chi connectivity index (χ4n) is 8.42. The average molecular weight is 988 g/mol. The van der Waals surface area contributed by atoms with Crippen molar-refractivity contribution in [2.45, 2.75) is 52.4 Å². The van der Waals surface area contributed by atoms with Gasteiger partial charge in [-0.15, -0.1) is 29.3 Å². The molecule has 0 aliphatic carbocycles. The molecule has 10 aromatic rings. The maximum Gasteiger partial charge on any atom is 0.148 e. The fraction of sp³-hybridized carbons (Fsp3) is 0.143. The van der Waals surface area contributed by atoms with Gasteiger partial charge >= 0.3 is 0 Å². The second kappa shape index (κ2) is 15.7.